The van der Waals surface area contributed by atoms with Gasteiger partial charge in [0.1, 0.15) is 5.75 Å². The van der Waals surface area contributed by atoms with Crippen LogP contribution < -0.4 is 10.1 Å². The molecule has 0 aromatic heterocycles. The molecule has 0 saturated carbocycles. The fraction of sp³-hybridized carbons (Fsp3) is 0.571. The van der Waals surface area contributed by atoms with Crippen LogP contribution in [0.5, 0.6) is 5.75 Å². The molecule has 0 atom stereocenters. The Hall–Kier alpha value is -0.670. The van der Waals surface area contributed by atoms with E-state index in [1.54, 1.807) is 0 Å². The zero-order valence-electron chi connectivity index (χ0n) is 10.1. The van der Waals surface area contributed by atoms with Crippen LogP contribution in [0, 0.1) is 0 Å². The van der Waals surface area contributed by atoms with Gasteiger partial charge in [-0.3, -0.25) is 0 Å². The van der Waals surface area contributed by atoms with Crippen LogP contribution in [-0.2, 0) is 13.0 Å². The first kappa shape index (κ1) is 11.4. The third kappa shape index (κ3) is 2.78. The van der Waals surface area contributed by atoms with E-state index in [2.05, 4.69) is 35.3 Å². The first-order chi connectivity index (χ1) is 8.42. The predicted molar refractivity (Wildman–Crippen MR) is 72.8 cm³/mol. The standard InChI is InChI=1S/C14H19NOS/c1-2-14-12(3-6-16-14)9-11(1)10-15-13-4-7-17-8-5-13/h1-2,9,13,15H,3-8,10H2. The van der Waals surface area contributed by atoms with Crippen molar-refractivity contribution in [3.05, 3.63) is 29.3 Å². The van der Waals surface area contributed by atoms with Gasteiger partial charge in [0, 0.05) is 19.0 Å². The van der Waals surface area contributed by atoms with Gasteiger partial charge in [0.25, 0.3) is 0 Å². The van der Waals surface area contributed by atoms with E-state index >= 15 is 0 Å². The molecule has 2 aliphatic heterocycles. The Bertz CT molecular complexity index is 388. The highest BCUT2D eigenvalue weighted by atomic mass is 32.2. The molecular weight excluding hydrogens is 230 g/mol. The van der Waals surface area contributed by atoms with Gasteiger partial charge in [-0.15, -0.1) is 0 Å². The summed E-state index contributed by atoms with van der Waals surface area (Å²) in [6.07, 6.45) is 3.71. The molecule has 2 aliphatic rings. The number of hydrogen-bond donors (Lipinski definition) is 1. The van der Waals surface area contributed by atoms with Crippen LogP contribution in [0.1, 0.15) is 24.0 Å². The molecule has 1 saturated heterocycles. The van der Waals surface area contributed by atoms with Crippen molar-refractivity contribution in [2.45, 2.75) is 31.8 Å². The summed E-state index contributed by atoms with van der Waals surface area (Å²) in [5.41, 5.74) is 2.77. The van der Waals surface area contributed by atoms with E-state index in [-0.39, 0.29) is 0 Å². The van der Waals surface area contributed by atoms with Crippen LogP contribution in [0.25, 0.3) is 0 Å². The van der Waals surface area contributed by atoms with Crippen LogP contribution in [0.2, 0.25) is 0 Å². The first-order valence-electron chi connectivity index (χ1n) is 6.47. The van der Waals surface area contributed by atoms with E-state index in [4.69, 9.17) is 4.74 Å². The Balaban J connectivity index is 1.57. The van der Waals surface area contributed by atoms with Crippen molar-refractivity contribution in [3.63, 3.8) is 0 Å². The molecule has 0 radical (unpaired) electrons. The maximum absolute atomic E-state index is 5.52. The Kier molecular flexibility index (Phi) is 3.57. The minimum absolute atomic E-state index is 0.723. The second kappa shape index (κ2) is 5.32. The van der Waals surface area contributed by atoms with E-state index in [0.29, 0.717) is 0 Å². The Labute approximate surface area is 107 Å². The summed E-state index contributed by atoms with van der Waals surface area (Å²) in [7, 11) is 0. The summed E-state index contributed by atoms with van der Waals surface area (Å²) in [5.74, 6) is 3.72. The third-order valence-electron chi connectivity index (χ3n) is 3.57. The number of benzene rings is 1. The fourth-order valence-electron chi connectivity index (χ4n) is 2.51. The van der Waals surface area contributed by atoms with Crippen molar-refractivity contribution in [1.82, 2.24) is 5.32 Å². The summed E-state index contributed by atoms with van der Waals surface area (Å²) in [4.78, 5) is 0. The lowest BCUT2D eigenvalue weighted by atomic mass is 10.1. The maximum atomic E-state index is 5.52. The van der Waals surface area contributed by atoms with Crippen molar-refractivity contribution < 1.29 is 4.74 Å². The molecule has 1 aromatic rings. The molecular formula is C14H19NOS. The van der Waals surface area contributed by atoms with Crippen LogP contribution >= 0.6 is 11.8 Å². The summed E-state index contributed by atoms with van der Waals surface area (Å²) < 4.78 is 5.52. The summed E-state index contributed by atoms with van der Waals surface area (Å²) in [6, 6.07) is 7.33. The monoisotopic (exact) mass is 249 g/mol. The lowest BCUT2D eigenvalue weighted by Crippen LogP contribution is -2.32. The van der Waals surface area contributed by atoms with Gasteiger partial charge < -0.3 is 10.1 Å². The smallest absolute Gasteiger partial charge is 0.122 e. The summed E-state index contributed by atoms with van der Waals surface area (Å²) in [5, 5.41) is 3.67. The van der Waals surface area contributed by atoms with Gasteiger partial charge in [-0.2, -0.15) is 11.8 Å². The Morgan fingerprint density at radius 1 is 1.29 bits per heavy atom. The molecule has 3 rings (SSSR count). The van der Waals surface area contributed by atoms with Crippen molar-refractivity contribution >= 4 is 11.8 Å². The van der Waals surface area contributed by atoms with Crippen LogP contribution in [0.3, 0.4) is 0 Å². The average molecular weight is 249 g/mol. The maximum Gasteiger partial charge on any atom is 0.122 e. The van der Waals surface area contributed by atoms with E-state index in [9.17, 15) is 0 Å². The van der Waals surface area contributed by atoms with E-state index in [1.165, 1.54) is 35.5 Å². The minimum atomic E-state index is 0.723. The van der Waals surface area contributed by atoms with Gasteiger partial charge in [0.2, 0.25) is 0 Å². The van der Waals surface area contributed by atoms with Crippen molar-refractivity contribution in [1.29, 1.82) is 0 Å². The van der Waals surface area contributed by atoms with Crippen LogP contribution in [0.4, 0.5) is 0 Å². The normalized spacial score (nSPS) is 20.0. The molecule has 1 N–H and O–H groups in total. The number of nitrogens with one attached hydrogen (secondary N) is 1. The van der Waals surface area contributed by atoms with Gasteiger partial charge >= 0.3 is 0 Å². The van der Waals surface area contributed by atoms with Gasteiger partial charge in [-0.05, 0) is 41.5 Å². The number of thioether (sulfide) groups is 1. The molecule has 2 heterocycles. The van der Waals surface area contributed by atoms with E-state index < -0.39 is 0 Å². The zero-order chi connectivity index (χ0) is 11.5. The Morgan fingerprint density at radius 3 is 3.06 bits per heavy atom. The van der Waals surface area contributed by atoms with Gasteiger partial charge in [0.05, 0.1) is 6.61 Å². The Morgan fingerprint density at radius 2 is 2.18 bits per heavy atom. The number of hydrogen-bond acceptors (Lipinski definition) is 3. The zero-order valence-corrected chi connectivity index (χ0v) is 10.9. The van der Waals surface area contributed by atoms with Crippen molar-refractivity contribution in [2.75, 3.05) is 18.1 Å². The SMILES string of the molecule is c1cc2c(cc1CNC1CCSCC1)CCO2. The van der Waals surface area contributed by atoms with Crippen molar-refractivity contribution in [3.8, 4) is 5.75 Å². The molecule has 17 heavy (non-hydrogen) atoms. The van der Waals surface area contributed by atoms with E-state index in [1.807, 2.05) is 0 Å². The van der Waals surface area contributed by atoms with Gasteiger partial charge in [0.15, 0.2) is 0 Å². The van der Waals surface area contributed by atoms with Crippen LogP contribution in [0.15, 0.2) is 18.2 Å². The quantitative estimate of drug-likeness (QED) is 0.889. The molecule has 92 valence electrons. The summed E-state index contributed by atoms with van der Waals surface area (Å²) in [6.45, 7) is 1.86. The molecule has 0 amide bonds. The molecule has 1 fully saturated rings. The molecule has 2 nitrogen and oxygen atoms in total. The largest absolute Gasteiger partial charge is 0.493 e. The van der Waals surface area contributed by atoms with Crippen molar-refractivity contribution in [2.24, 2.45) is 0 Å². The van der Waals surface area contributed by atoms with Gasteiger partial charge in [-0.1, -0.05) is 12.1 Å². The highest BCUT2D eigenvalue weighted by Crippen LogP contribution is 2.26. The fourth-order valence-corrected chi connectivity index (χ4v) is 3.62. The van der Waals surface area contributed by atoms with Crippen LogP contribution in [-0.4, -0.2) is 24.2 Å². The molecule has 0 spiro atoms. The second-order valence-corrected chi connectivity index (χ2v) is 6.03. The number of rotatable bonds is 3. The summed E-state index contributed by atoms with van der Waals surface area (Å²) >= 11 is 2.08. The first-order valence-corrected chi connectivity index (χ1v) is 7.63. The topological polar surface area (TPSA) is 21.3 Å². The third-order valence-corrected chi connectivity index (χ3v) is 4.62. The highest BCUT2D eigenvalue weighted by molar-refractivity contribution is 7.99. The molecule has 0 aliphatic carbocycles. The number of ether oxygens (including phenoxy) is 1. The number of fused-ring (bicyclic) bond motifs is 1. The van der Waals surface area contributed by atoms with Gasteiger partial charge in [-0.25, -0.2) is 0 Å². The van der Waals surface area contributed by atoms with E-state index in [0.717, 1.165) is 31.4 Å². The molecule has 0 unspecified atom stereocenters. The minimum Gasteiger partial charge on any atom is -0.493 e. The lowest BCUT2D eigenvalue weighted by molar-refractivity contribution is 0.357. The highest BCUT2D eigenvalue weighted by Gasteiger charge is 2.14. The molecule has 3 heteroatoms. The predicted octanol–water partition coefficient (Wildman–Crippen LogP) is 2.61. The second-order valence-electron chi connectivity index (χ2n) is 4.81. The molecule has 1 aromatic carbocycles. The average Bonchev–Trinajstić information content (AvgIpc) is 2.85. The molecule has 0 bridgehead atoms. The lowest BCUT2D eigenvalue weighted by Gasteiger charge is -2.22.